The SMILES string of the molecule is CC(C)(C)c1cc(-c2cccc3cccc(-c4ccccc4N(c4cccc(-c5cccc6ccccc56)c4)c4ccccc4-c4cccc5c4sc4ccccc45)c23)cc(C(C)(C)C)c1. The van der Waals surface area contributed by atoms with Crippen molar-refractivity contribution in [2.24, 2.45) is 0 Å². The first-order valence-electron chi connectivity index (χ1n) is 23.2. The molecule has 0 unspecified atom stereocenters. The maximum atomic E-state index is 2.52. The third-order valence-corrected chi connectivity index (χ3v) is 14.6. The third-order valence-electron chi connectivity index (χ3n) is 13.4. The summed E-state index contributed by atoms with van der Waals surface area (Å²) in [5.74, 6) is 0. The van der Waals surface area contributed by atoms with Gasteiger partial charge in [0.2, 0.25) is 0 Å². The molecule has 11 aromatic rings. The van der Waals surface area contributed by atoms with Crippen LogP contribution < -0.4 is 4.90 Å². The van der Waals surface area contributed by atoms with E-state index in [2.05, 4.69) is 259 Å². The van der Waals surface area contributed by atoms with Crippen LogP contribution in [0.2, 0.25) is 0 Å². The summed E-state index contributed by atoms with van der Waals surface area (Å²) >= 11 is 1.88. The van der Waals surface area contributed by atoms with Crippen LogP contribution in [0, 0.1) is 0 Å². The molecule has 0 aliphatic carbocycles. The van der Waals surface area contributed by atoms with Crippen LogP contribution >= 0.6 is 11.3 Å². The number of anilines is 3. The Morgan fingerprint density at radius 3 is 1.56 bits per heavy atom. The molecule has 2 heteroatoms. The maximum Gasteiger partial charge on any atom is 0.0540 e. The molecule has 0 bridgehead atoms. The lowest BCUT2D eigenvalue weighted by molar-refractivity contribution is 0.569. The van der Waals surface area contributed by atoms with Crippen molar-refractivity contribution in [3.05, 3.63) is 223 Å². The molecule has 0 N–H and O–H groups in total. The second-order valence-electron chi connectivity index (χ2n) is 19.7. The van der Waals surface area contributed by atoms with Gasteiger partial charge in [0.15, 0.2) is 0 Å². The molecule has 0 aliphatic rings. The predicted octanol–water partition coefficient (Wildman–Crippen LogP) is 19.1. The largest absolute Gasteiger partial charge is 0.309 e. The number of nitrogens with zero attached hydrogens (tertiary/aromatic N) is 1. The molecule has 0 saturated carbocycles. The Balaban J connectivity index is 1.18. The lowest BCUT2D eigenvalue weighted by Crippen LogP contribution is -2.16. The summed E-state index contributed by atoms with van der Waals surface area (Å²) in [6.45, 7) is 14.0. The van der Waals surface area contributed by atoms with E-state index in [1.165, 1.54) is 97.4 Å². The quantitative estimate of drug-likeness (QED) is 0.154. The van der Waals surface area contributed by atoms with Gasteiger partial charge in [-0.3, -0.25) is 0 Å². The van der Waals surface area contributed by atoms with E-state index in [1.54, 1.807) is 0 Å². The van der Waals surface area contributed by atoms with Gasteiger partial charge < -0.3 is 4.90 Å². The number of fused-ring (bicyclic) bond motifs is 5. The number of rotatable bonds is 7. The maximum absolute atomic E-state index is 2.52. The number of hydrogen-bond donors (Lipinski definition) is 0. The predicted molar refractivity (Wildman–Crippen MR) is 288 cm³/mol. The standard InChI is InChI=1S/C64H53NS/c1-63(2,3)46-38-45(39-47(41-46)64(4,5)6)51-31-17-22-43-23-18-32-55(61(43)51)52-27-9-12-35-58(52)65(48-25-15-24-44(40-48)50-30-16-21-42-20-7-8-26-49(42)50)59-36-13-10-28-53(59)56-33-19-34-57-54-29-11-14-37-60(54)66-62(56)57/h7-41H,1-6H3. The zero-order chi connectivity index (χ0) is 45.2. The summed E-state index contributed by atoms with van der Waals surface area (Å²) < 4.78 is 2.60. The molecule has 0 amide bonds. The van der Waals surface area contributed by atoms with Crippen LogP contribution in [0.15, 0.2) is 212 Å². The van der Waals surface area contributed by atoms with Gasteiger partial charge in [0.1, 0.15) is 0 Å². The van der Waals surface area contributed by atoms with E-state index < -0.39 is 0 Å². The first-order chi connectivity index (χ1) is 32.0. The Labute approximate surface area is 393 Å². The Hall–Kier alpha value is -7.26. The number of para-hydroxylation sites is 2. The number of benzene rings is 10. The first kappa shape index (κ1) is 41.4. The lowest BCUT2D eigenvalue weighted by atomic mass is 9.78. The summed E-state index contributed by atoms with van der Waals surface area (Å²) in [4.78, 5) is 2.52. The molecule has 1 aromatic heterocycles. The fourth-order valence-corrected chi connectivity index (χ4v) is 11.1. The second-order valence-corrected chi connectivity index (χ2v) is 20.8. The van der Waals surface area contributed by atoms with Crippen LogP contribution in [0.4, 0.5) is 17.1 Å². The Morgan fingerprint density at radius 2 is 0.848 bits per heavy atom. The minimum atomic E-state index is -0.00927. The van der Waals surface area contributed by atoms with Crippen molar-refractivity contribution in [1.82, 2.24) is 0 Å². The molecule has 66 heavy (non-hydrogen) atoms. The number of hydrogen-bond acceptors (Lipinski definition) is 2. The minimum absolute atomic E-state index is 0.00927. The molecule has 0 saturated heterocycles. The summed E-state index contributed by atoms with van der Waals surface area (Å²) in [5.41, 5.74) is 15.7. The van der Waals surface area contributed by atoms with E-state index in [1.807, 2.05) is 11.3 Å². The fraction of sp³-hybridized carbons (Fsp3) is 0.125. The smallest absolute Gasteiger partial charge is 0.0540 e. The van der Waals surface area contributed by atoms with Gasteiger partial charge in [-0.15, -0.1) is 11.3 Å². The molecule has 0 spiro atoms. The fourth-order valence-electron chi connectivity index (χ4n) is 9.90. The van der Waals surface area contributed by atoms with Gasteiger partial charge in [0.25, 0.3) is 0 Å². The van der Waals surface area contributed by atoms with Crippen LogP contribution in [-0.4, -0.2) is 0 Å². The average Bonchev–Trinajstić information content (AvgIpc) is 3.72. The third kappa shape index (κ3) is 7.36. The van der Waals surface area contributed by atoms with E-state index in [0.717, 1.165) is 17.1 Å². The van der Waals surface area contributed by atoms with Gasteiger partial charge in [0, 0.05) is 42.6 Å². The Kier molecular flexibility index (Phi) is 10.2. The van der Waals surface area contributed by atoms with Crippen molar-refractivity contribution < 1.29 is 0 Å². The highest BCUT2D eigenvalue weighted by Gasteiger charge is 2.25. The highest BCUT2D eigenvalue weighted by Crippen LogP contribution is 2.50. The van der Waals surface area contributed by atoms with Gasteiger partial charge in [-0.25, -0.2) is 0 Å². The van der Waals surface area contributed by atoms with Crippen LogP contribution in [0.1, 0.15) is 52.7 Å². The van der Waals surface area contributed by atoms with Crippen molar-refractivity contribution in [2.45, 2.75) is 52.4 Å². The van der Waals surface area contributed by atoms with Gasteiger partial charge in [0.05, 0.1) is 11.4 Å². The van der Waals surface area contributed by atoms with Gasteiger partial charge in [-0.2, -0.15) is 0 Å². The zero-order valence-corrected chi connectivity index (χ0v) is 39.4. The summed E-state index contributed by atoms with van der Waals surface area (Å²) in [6, 6.07) is 79.1. The minimum Gasteiger partial charge on any atom is -0.309 e. The molecule has 0 atom stereocenters. The first-order valence-corrected chi connectivity index (χ1v) is 24.0. The van der Waals surface area contributed by atoms with Gasteiger partial charge in [-0.05, 0) is 102 Å². The van der Waals surface area contributed by atoms with Crippen LogP contribution in [0.3, 0.4) is 0 Å². The second kappa shape index (κ2) is 16.3. The van der Waals surface area contributed by atoms with E-state index in [0.29, 0.717) is 0 Å². The molecular formula is C64H53NS. The normalized spacial score (nSPS) is 12.1. The van der Waals surface area contributed by atoms with E-state index in [9.17, 15) is 0 Å². The molecule has 1 nitrogen and oxygen atoms in total. The molecule has 10 aromatic carbocycles. The molecule has 0 aliphatic heterocycles. The van der Waals surface area contributed by atoms with Crippen molar-refractivity contribution in [2.75, 3.05) is 4.90 Å². The molecule has 0 radical (unpaired) electrons. The Morgan fingerprint density at radius 1 is 0.348 bits per heavy atom. The topological polar surface area (TPSA) is 3.24 Å². The molecule has 0 fully saturated rings. The average molecular weight is 868 g/mol. The van der Waals surface area contributed by atoms with E-state index in [-0.39, 0.29) is 10.8 Å². The summed E-state index contributed by atoms with van der Waals surface area (Å²) in [7, 11) is 0. The van der Waals surface area contributed by atoms with Crippen molar-refractivity contribution >= 4 is 70.1 Å². The van der Waals surface area contributed by atoms with Gasteiger partial charge in [-0.1, -0.05) is 224 Å². The van der Waals surface area contributed by atoms with Crippen LogP contribution in [0.25, 0.3) is 86.2 Å². The Bertz CT molecular complexity index is 3590. The summed E-state index contributed by atoms with van der Waals surface area (Å²) in [6.07, 6.45) is 0. The van der Waals surface area contributed by atoms with Crippen molar-refractivity contribution in [3.8, 4) is 44.5 Å². The molecule has 1 heterocycles. The lowest BCUT2D eigenvalue weighted by Gasteiger charge is -2.31. The molecule has 320 valence electrons. The van der Waals surface area contributed by atoms with Crippen LogP contribution in [-0.2, 0) is 10.8 Å². The molecule has 11 rings (SSSR count). The molecular weight excluding hydrogens is 815 g/mol. The van der Waals surface area contributed by atoms with Gasteiger partial charge >= 0.3 is 0 Å². The van der Waals surface area contributed by atoms with E-state index >= 15 is 0 Å². The van der Waals surface area contributed by atoms with Crippen molar-refractivity contribution in [3.63, 3.8) is 0 Å². The summed E-state index contributed by atoms with van der Waals surface area (Å²) in [5, 5.41) is 7.55. The monoisotopic (exact) mass is 867 g/mol. The van der Waals surface area contributed by atoms with Crippen molar-refractivity contribution in [1.29, 1.82) is 0 Å². The highest BCUT2D eigenvalue weighted by atomic mass is 32.1. The van der Waals surface area contributed by atoms with Crippen LogP contribution in [0.5, 0.6) is 0 Å². The zero-order valence-electron chi connectivity index (χ0n) is 38.6. The highest BCUT2D eigenvalue weighted by molar-refractivity contribution is 7.26. The number of thiophene rings is 1. The van der Waals surface area contributed by atoms with E-state index in [4.69, 9.17) is 0 Å².